The van der Waals surface area contributed by atoms with Crippen LogP contribution < -0.4 is 0 Å². The predicted molar refractivity (Wildman–Crippen MR) is 58.4 cm³/mol. The van der Waals surface area contributed by atoms with Gasteiger partial charge in [-0.1, -0.05) is 28.6 Å². The molecule has 4 heteroatoms. The highest BCUT2D eigenvalue weighted by molar-refractivity contribution is 9.09. The highest BCUT2D eigenvalue weighted by Gasteiger charge is 2.31. The molecule has 0 aliphatic carbocycles. The summed E-state index contributed by atoms with van der Waals surface area (Å²) in [5.41, 5.74) is -0.756. The summed E-state index contributed by atoms with van der Waals surface area (Å²) >= 11 is 3.05. The minimum atomic E-state index is -0.756. The van der Waals surface area contributed by atoms with Gasteiger partial charge in [-0.2, -0.15) is 0 Å². The van der Waals surface area contributed by atoms with E-state index in [1.165, 1.54) is 6.08 Å². The Balaban J connectivity index is 4.22. The summed E-state index contributed by atoms with van der Waals surface area (Å²) in [5, 5.41) is 0.269. The van der Waals surface area contributed by atoms with Crippen LogP contribution in [0, 0.1) is 5.41 Å². The maximum atomic E-state index is 11.4. The summed E-state index contributed by atoms with van der Waals surface area (Å²) in [6.45, 7) is 7.01. The zero-order valence-electron chi connectivity index (χ0n) is 8.51. The smallest absolute Gasteiger partial charge is 0.312 e. The van der Waals surface area contributed by atoms with Gasteiger partial charge in [-0.15, -0.1) is 0 Å². The molecule has 0 aromatic heterocycles. The third-order valence-electron chi connectivity index (χ3n) is 1.67. The molecule has 0 atom stereocenters. The summed E-state index contributed by atoms with van der Waals surface area (Å²) in [7, 11) is 0. The maximum Gasteiger partial charge on any atom is 0.312 e. The minimum absolute atomic E-state index is 0.00875. The van der Waals surface area contributed by atoms with Gasteiger partial charge in [0.1, 0.15) is 12.4 Å². The predicted octanol–water partition coefficient (Wildman–Crippen LogP) is 2.10. The molecule has 0 spiro atoms. The van der Waals surface area contributed by atoms with E-state index in [9.17, 15) is 9.59 Å². The number of Topliss-reactive ketones (excluding diaryl/α,β-unsaturated/α-hetero) is 1. The molecule has 0 fully saturated rings. The quantitative estimate of drug-likeness (QED) is 0.418. The molecule has 3 nitrogen and oxygen atoms in total. The van der Waals surface area contributed by atoms with Gasteiger partial charge in [-0.25, -0.2) is 0 Å². The van der Waals surface area contributed by atoms with Crippen molar-refractivity contribution in [1.82, 2.24) is 0 Å². The molecule has 0 bridgehead atoms. The van der Waals surface area contributed by atoms with Gasteiger partial charge >= 0.3 is 5.97 Å². The molecule has 0 radical (unpaired) electrons. The van der Waals surface area contributed by atoms with Gasteiger partial charge in [0.2, 0.25) is 0 Å². The lowest BCUT2D eigenvalue weighted by atomic mass is 9.88. The number of hydrogen-bond acceptors (Lipinski definition) is 3. The Morgan fingerprint density at radius 1 is 1.50 bits per heavy atom. The average molecular weight is 263 g/mol. The van der Waals surface area contributed by atoms with E-state index < -0.39 is 5.41 Å². The molecule has 0 unspecified atom stereocenters. The van der Waals surface area contributed by atoms with Crippen LogP contribution in [0.3, 0.4) is 0 Å². The van der Waals surface area contributed by atoms with Crippen LogP contribution in [0.2, 0.25) is 0 Å². The number of ketones is 1. The number of rotatable bonds is 6. The van der Waals surface area contributed by atoms with E-state index in [0.717, 1.165) is 0 Å². The lowest BCUT2D eigenvalue weighted by Gasteiger charge is -2.20. The van der Waals surface area contributed by atoms with E-state index in [1.807, 2.05) is 0 Å². The van der Waals surface area contributed by atoms with E-state index in [2.05, 4.69) is 22.5 Å². The van der Waals surface area contributed by atoms with Crippen LogP contribution >= 0.6 is 15.9 Å². The molecule has 0 aliphatic rings. The summed E-state index contributed by atoms with van der Waals surface area (Å²) in [4.78, 5) is 22.6. The van der Waals surface area contributed by atoms with Crippen molar-refractivity contribution in [1.29, 1.82) is 0 Å². The topological polar surface area (TPSA) is 43.4 Å². The van der Waals surface area contributed by atoms with Crippen molar-refractivity contribution in [3.63, 3.8) is 0 Å². The van der Waals surface area contributed by atoms with E-state index >= 15 is 0 Å². The first-order valence-corrected chi connectivity index (χ1v) is 5.42. The summed E-state index contributed by atoms with van der Waals surface area (Å²) in [6.07, 6.45) is 1.69. The molecule has 0 aromatic rings. The minimum Gasteiger partial charge on any atom is -0.461 e. The molecule has 0 amide bonds. The number of ether oxygens (including phenoxy) is 1. The van der Waals surface area contributed by atoms with Crippen LogP contribution in [0.5, 0.6) is 0 Å². The molecule has 14 heavy (non-hydrogen) atoms. The van der Waals surface area contributed by atoms with Gasteiger partial charge in [0.05, 0.1) is 10.7 Å². The number of alkyl halides is 1. The monoisotopic (exact) mass is 262 g/mol. The normalized spacial score (nSPS) is 10.8. The molecule has 0 N–H and O–H groups in total. The molecule has 80 valence electrons. The fourth-order valence-electron chi connectivity index (χ4n) is 0.942. The van der Waals surface area contributed by atoms with Crippen LogP contribution in [0.1, 0.15) is 20.3 Å². The zero-order valence-corrected chi connectivity index (χ0v) is 10.1. The van der Waals surface area contributed by atoms with Crippen molar-refractivity contribution in [2.75, 3.05) is 11.9 Å². The Bertz CT molecular complexity index is 234. The van der Waals surface area contributed by atoms with Crippen molar-refractivity contribution in [2.24, 2.45) is 5.41 Å². The van der Waals surface area contributed by atoms with Gasteiger partial charge in [0, 0.05) is 6.42 Å². The van der Waals surface area contributed by atoms with E-state index in [-0.39, 0.29) is 30.1 Å². The van der Waals surface area contributed by atoms with Gasteiger partial charge in [0.25, 0.3) is 0 Å². The summed E-state index contributed by atoms with van der Waals surface area (Å²) in [5.74, 6) is -0.378. The van der Waals surface area contributed by atoms with E-state index in [1.54, 1.807) is 13.8 Å². The number of esters is 1. The SMILES string of the molecule is C=CCOC(=O)C(C)(C)CC(=O)CBr. The fraction of sp³-hybridized carbons (Fsp3) is 0.600. The Morgan fingerprint density at radius 2 is 2.07 bits per heavy atom. The largest absolute Gasteiger partial charge is 0.461 e. The van der Waals surface area contributed by atoms with Crippen molar-refractivity contribution in [3.8, 4) is 0 Å². The molecular formula is C10H15BrO3. The lowest BCUT2D eigenvalue weighted by Crippen LogP contribution is -2.29. The molecule has 0 saturated carbocycles. The molecule has 0 heterocycles. The maximum absolute atomic E-state index is 11.4. The molecule has 0 rings (SSSR count). The third-order valence-corrected chi connectivity index (χ3v) is 2.30. The first-order chi connectivity index (χ1) is 6.44. The number of carbonyl (C=O) groups excluding carboxylic acids is 2. The zero-order chi connectivity index (χ0) is 11.2. The van der Waals surface area contributed by atoms with Crippen molar-refractivity contribution < 1.29 is 14.3 Å². The number of halogens is 1. The van der Waals surface area contributed by atoms with Crippen LogP contribution in [-0.4, -0.2) is 23.7 Å². The first kappa shape index (κ1) is 13.4. The third kappa shape index (κ3) is 4.56. The Kier molecular flexibility index (Phi) is 5.69. The second-order valence-corrected chi connectivity index (χ2v) is 4.18. The van der Waals surface area contributed by atoms with E-state index in [0.29, 0.717) is 0 Å². The van der Waals surface area contributed by atoms with Gasteiger partial charge in [0.15, 0.2) is 0 Å². The van der Waals surface area contributed by atoms with Crippen LogP contribution in [0.25, 0.3) is 0 Å². The average Bonchev–Trinajstić information content (AvgIpc) is 2.13. The van der Waals surface area contributed by atoms with Crippen LogP contribution in [-0.2, 0) is 14.3 Å². The first-order valence-electron chi connectivity index (χ1n) is 4.30. The second kappa shape index (κ2) is 5.96. The van der Waals surface area contributed by atoms with Gasteiger partial charge in [-0.3, -0.25) is 9.59 Å². The Hall–Kier alpha value is -0.640. The molecule has 0 aromatic carbocycles. The number of hydrogen-bond donors (Lipinski definition) is 0. The van der Waals surface area contributed by atoms with Crippen molar-refractivity contribution >= 4 is 27.7 Å². The molecular weight excluding hydrogens is 248 g/mol. The summed E-state index contributed by atoms with van der Waals surface area (Å²) < 4.78 is 4.88. The Morgan fingerprint density at radius 3 is 2.50 bits per heavy atom. The van der Waals surface area contributed by atoms with E-state index in [4.69, 9.17) is 4.74 Å². The van der Waals surface area contributed by atoms with Gasteiger partial charge < -0.3 is 4.74 Å². The van der Waals surface area contributed by atoms with Crippen molar-refractivity contribution in [2.45, 2.75) is 20.3 Å². The molecule has 0 aliphatic heterocycles. The second-order valence-electron chi connectivity index (χ2n) is 3.62. The van der Waals surface area contributed by atoms with Gasteiger partial charge in [-0.05, 0) is 13.8 Å². The Labute approximate surface area is 92.6 Å². The highest BCUT2D eigenvalue weighted by atomic mass is 79.9. The van der Waals surface area contributed by atoms with Crippen LogP contribution in [0.4, 0.5) is 0 Å². The van der Waals surface area contributed by atoms with Crippen molar-refractivity contribution in [3.05, 3.63) is 12.7 Å². The van der Waals surface area contributed by atoms with Crippen LogP contribution in [0.15, 0.2) is 12.7 Å². The lowest BCUT2D eigenvalue weighted by molar-refractivity contribution is -0.154. The fourth-order valence-corrected chi connectivity index (χ4v) is 1.14. The summed E-state index contributed by atoms with van der Waals surface area (Å²) in [6, 6.07) is 0. The highest BCUT2D eigenvalue weighted by Crippen LogP contribution is 2.23. The standard InChI is InChI=1S/C10H15BrO3/c1-4-5-14-9(13)10(2,3)6-8(12)7-11/h4H,1,5-7H2,2-3H3. The molecule has 0 saturated heterocycles. The number of carbonyl (C=O) groups is 2.